The van der Waals surface area contributed by atoms with E-state index in [0.29, 0.717) is 11.3 Å². The number of hydrogen-bond acceptors (Lipinski definition) is 6. The standard InChI is InChI=1S/C18H27N3O4S/c1-9-14-13(10(2)22)17(23)21(14)15(18(24)25)16(9)26-12-7-20(8-12)11-3-5-19-6-4-11/h9-14,19,22H,3-8H2,1-2H3,(H,24,25)/t9-,10-,13-,14-/m1/s1. The molecule has 0 saturated carbocycles. The molecule has 8 heteroatoms. The van der Waals surface area contributed by atoms with E-state index in [0.717, 1.165) is 31.1 Å². The van der Waals surface area contributed by atoms with Gasteiger partial charge in [0, 0.05) is 35.2 Å². The largest absolute Gasteiger partial charge is 0.477 e. The number of carboxylic acid groups (broad SMARTS) is 1. The van der Waals surface area contributed by atoms with Crippen LogP contribution in [0.1, 0.15) is 26.7 Å². The fraction of sp³-hybridized carbons (Fsp3) is 0.778. The van der Waals surface area contributed by atoms with Gasteiger partial charge in [0.2, 0.25) is 5.91 Å². The van der Waals surface area contributed by atoms with Crippen molar-refractivity contribution in [2.45, 2.75) is 50.1 Å². The third kappa shape index (κ3) is 2.78. The molecule has 4 aliphatic heterocycles. The van der Waals surface area contributed by atoms with Gasteiger partial charge < -0.3 is 20.4 Å². The van der Waals surface area contributed by atoms with Gasteiger partial charge in [-0.05, 0) is 32.9 Å². The Morgan fingerprint density at radius 3 is 2.54 bits per heavy atom. The van der Waals surface area contributed by atoms with Crippen molar-refractivity contribution in [3.63, 3.8) is 0 Å². The van der Waals surface area contributed by atoms with E-state index in [4.69, 9.17) is 0 Å². The third-order valence-electron chi connectivity index (χ3n) is 6.31. The maximum absolute atomic E-state index is 12.4. The van der Waals surface area contributed by atoms with Gasteiger partial charge in [-0.3, -0.25) is 9.69 Å². The number of thioether (sulfide) groups is 1. The van der Waals surface area contributed by atoms with Crippen LogP contribution >= 0.6 is 11.8 Å². The molecular formula is C18H27N3O4S. The maximum Gasteiger partial charge on any atom is 0.353 e. The molecule has 4 aliphatic rings. The molecule has 4 rings (SSSR count). The molecular weight excluding hydrogens is 354 g/mol. The summed E-state index contributed by atoms with van der Waals surface area (Å²) < 4.78 is 0. The van der Waals surface area contributed by atoms with Crippen molar-refractivity contribution in [1.82, 2.24) is 15.1 Å². The summed E-state index contributed by atoms with van der Waals surface area (Å²) in [4.78, 5) is 28.9. The molecule has 3 N–H and O–H groups in total. The number of aliphatic hydroxyl groups is 1. The first-order valence-corrected chi connectivity index (χ1v) is 10.4. The topological polar surface area (TPSA) is 93.1 Å². The zero-order valence-electron chi connectivity index (χ0n) is 15.2. The van der Waals surface area contributed by atoms with Crippen LogP contribution in [0.4, 0.5) is 0 Å². The molecule has 144 valence electrons. The number of hydrogen-bond donors (Lipinski definition) is 3. The summed E-state index contributed by atoms with van der Waals surface area (Å²) >= 11 is 1.64. The lowest BCUT2D eigenvalue weighted by Crippen LogP contribution is -2.63. The van der Waals surface area contributed by atoms with Crippen LogP contribution in [0.15, 0.2) is 10.6 Å². The SMILES string of the molecule is C[C@@H](O)[C@H]1C(=O)N2C(C(=O)O)=C(SC3CN(C4CCNCC4)C3)[C@H](C)[C@H]12. The number of amides is 1. The number of likely N-dealkylation sites (tertiary alicyclic amines) is 1. The molecule has 0 aromatic rings. The van der Waals surface area contributed by atoms with Crippen LogP contribution in [-0.2, 0) is 9.59 Å². The van der Waals surface area contributed by atoms with Crippen molar-refractivity contribution in [2.75, 3.05) is 26.2 Å². The van der Waals surface area contributed by atoms with Crippen LogP contribution in [-0.4, -0.2) is 81.5 Å². The van der Waals surface area contributed by atoms with Crippen LogP contribution < -0.4 is 5.32 Å². The molecule has 0 aromatic heterocycles. The minimum absolute atomic E-state index is 0.0312. The van der Waals surface area contributed by atoms with E-state index in [2.05, 4.69) is 10.2 Å². The quantitative estimate of drug-likeness (QED) is 0.590. The Morgan fingerprint density at radius 1 is 1.31 bits per heavy atom. The number of carboxylic acids is 1. The number of β-lactam (4-membered cyclic amide) rings is 1. The van der Waals surface area contributed by atoms with Gasteiger partial charge in [-0.15, -0.1) is 11.8 Å². The minimum Gasteiger partial charge on any atom is -0.477 e. The number of carbonyl (C=O) groups is 2. The molecule has 0 unspecified atom stereocenters. The van der Waals surface area contributed by atoms with Crippen LogP contribution in [0.5, 0.6) is 0 Å². The summed E-state index contributed by atoms with van der Waals surface area (Å²) in [5.74, 6) is -1.80. The van der Waals surface area contributed by atoms with Crippen molar-refractivity contribution in [3.05, 3.63) is 10.6 Å². The second-order valence-electron chi connectivity index (χ2n) is 7.95. The molecule has 4 atom stereocenters. The summed E-state index contributed by atoms with van der Waals surface area (Å²) in [7, 11) is 0. The number of fused-ring (bicyclic) bond motifs is 1. The lowest BCUT2D eigenvalue weighted by Gasteiger charge is -2.46. The molecule has 0 spiro atoms. The number of carbonyl (C=O) groups excluding carboxylic acids is 1. The summed E-state index contributed by atoms with van der Waals surface area (Å²) in [5.41, 5.74) is 0.148. The first-order chi connectivity index (χ1) is 12.4. The van der Waals surface area contributed by atoms with Gasteiger partial charge in [-0.25, -0.2) is 4.79 Å². The average Bonchev–Trinajstić information content (AvgIpc) is 2.80. The molecule has 7 nitrogen and oxygen atoms in total. The van der Waals surface area contributed by atoms with Gasteiger partial charge in [0.25, 0.3) is 0 Å². The van der Waals surface area contributed by atoms with E-state index in [1.807, 2.05) is 6.92 Å². The fourth-order valence-electron chi connectivity index (χ4n) is 4.87. The van der Waals surface area contributed by atoms with E-state index in [1.54, 1.807) is 18.7 Å². The van der Waals surface area contributed by atoms with Crippen LogP contribution in [0.2, 0.25) is 0 Å². The number of rotatable bonds is 5. The Balaban J connectivity index is 1.44. The summed E-state index contributed by atoms with van der Waals surface area (Å²) in [6.45, 7) is 7.71. The van der Waals surface area contributed by atoms with E-state index in [9.17, 15) is 19.8 Å². The van der Waals surface area contributed by atoms with E-state index in [1.165, 1.54) is 17.7 Å². The van der Waals surface area contributed by atoms with Gasteiger partial charge in [-0.2, -0.15) is 0 Å². The molecule has 3 fully saturated rings. The highest BCUT2D eigenvalue weighted by Crippen LogP contribution is 2.52. The molecule has 3 saturated heterocycles. The third-order valence-corrected chi connectivity index (χ3v) is 7.76. The minimum atomic E-state index is -1.03. The molecule has 26 heavy (non-hydrogen) atoms. The second-order valence-corrected chi connectivity index (χ2v) is 9.29. The van der Waals surface area contributed by atoms with E-state index in [-0.39, 0.29) is 23.6 Å². The van der Waals surface area contributed by atoms with Crippen molar-refractivity contribution >= 4 is 23.6 Å². The zero-order chi connectivity index (χ0) is 18.6. The number of piperidine rings is 1. The Morgan fingerprint density at radius 2 is 1.96 bits per heavy atom. The van der Waals surface area contributed by atoms with Crippen LogP contribution in [0.25, 0.3) is 0 Å². The van der Waals surface area contributed by atoms with Crippen molar-refractivity contribution in [1.29, 1.82) is 0 Å². The van der Waals surface area contributed by atoms with E-state index < -0.39 is 18.0 Å². The highest BCUT2D eigenvalue weighted by Gasteiger charge is 2.60. The smallest absolute Gasteiger partial charge is 0.353 e. The summed E-state index contributed by atoms with van der Waals surface area (Å²) in [6.07, 6.45) is 1.61. The number of nitrogens with one attached hydrogen (secondary N) is 1. The Bertz CT molecular complexity index is 640. The first kappa shape index (κ1) is 18.3. The van der Waals surface area contributed by atoms with Gasteiger partial charge in [0.1, 0.15) is 5.70 Å². The molecule has 1 amide bonds. The maximum atomic E-state index is 12.4. The van der Waals surface area contributed by atoms with Gasteiger partial charge >= 0.3 is 5.97 Å². The summed E-state index contributed by atoms with van der Waals surface area (Å²) in [5, 5.41) is 23.4. The highest BCUT2D eigenvalue weighted by molar-refractivity contribution is 8.03. The number of aliphatic carboxylic acids is 1. The number of nitrogens with zero attached hydrogens (tertiary/aromatic N) is 2. The molecule has 0 bridgehead atoms. The fourth-order valence-corrected chi connectivity index (χ4v) is 6.41. The first-order valence-electron chi connectivity index (χ1n) is 9.50. The molecule has 0 radical (unpaired) electrons. The van der Waals surface area contributed by atoms with E-state index >= 15 is 0 Å². The van der Waals surface area contributed by atoms with Gasteiger partial charge in [-0.1, -0.05) is 6.92 Å². The van der Waals surface area contributed by atoms with Crippen LogP contribution in [0.3, 0.4) is 0 Å². The Hall–Kier alpha value is -1.09. The molecule has 4 heterocycles. The Kier molecular flexibility index (Phi) is 4.79. The Labute approximate surface area is 157 Å². The second kappa shape index (κ2) is 6.82. The normalized spacial score (nSPS) is 34.5. The summed E-state index contributed by atoms with van der Waals surface area (Å²) in [6, 6.07) is 0.430. The average molecular weight is 381 g/mol. The van der Waals surface area contributed by atoms with Crippen molar-refractivity contribution < 1.29 is 19.8 Å². The zero-order valence-corrected chi connectivity index (χ0v) is 16.0. The monoisotopic (exact) mass is 381 g/mol. The lowest BCUT2D eigenvalue weighted by atomic mass is 9.79. The molecule has 0 aliphatic carbocycles. The van der Waals surface area contributed by atoms with Crippen molar-refractivity contribution in [3.8, 4) is 0 Å². The van der Waals surface area contributed by atoms with Crippen molar-refractivity contribution in [2.24, 2.45) is 11.8 Å². The van der Waals surface area contributed by atoms with Gasteiger partial charge in [0.15, 0.2) is 0 Å². The highest BCUT2D eigenvalue weighted by atomic mass is 32.2. The number of aliphatic hydroxyl groups excluding tert-OH is 1. The van der Waals surface area contributed by atoms with Crippen LogP contribution in [0, 0.1) is 11.8 Å². The lowest BCUT2D eigenvalue weighted by molar-refractivity contribution is -0.163. The van der Waals surface area contributed by atoms with Gasteiger partial charge in [0.05, 0.1) is 18.1 Å². The predicted octanol–water partition coefficient (Wildman–Crippen LogP) is 0.310. The molecule has 0 aromatic carbocycles. The predicted molar refractivity (Wildman–Crippen MR) is 98.5 cm³/mol.